The Bertz CT molecular complexity index is 604. The first-order chi connectivity index (χ1) is 9.95. The van der Waals surface area contributed by atoms with Gasteiger partial charge in [0.15, 0.2) is 0 Å². The van der Waals surface area contributed by atoms with Gasteiger partial charge < -0.3 is 5.32 Å². The summed E-state index contributed by atoms with van der Waals surface area (Å²) in [7, 11) is -3.61. The third-order valence-corrected chi connectivity index (χ3v) is 6.20. The summed E-state index contributed by atoms with van der Waals surface area (Å²) in [6, 6.07) is 3.53. The van der Waals surface area contributed by atoms with Gasteiger partial charge in [0.05, 0.1) is 5.02 Å². The molecule has 4 nitrogen and oxygen atoms in total. The molecule has 2 rings (SSSR count). The molecule has 118 valence electrons. The quantitative estimate of drug-likeness (QED) is 0.692. The van der Waals surface area contributed by atoms with Crippen molar-refractivity contribution in [3.8, 4) is 0 Å². The van der Waals surface area contributed by atoms with Crippen LogP contribution in [0.5, 0.6) is 0 Å². The van der Waals surface area contributed by atoms with Crippen molar-refractivity contribution in [1.29, 1.82) is 0 Å². The van der Waals surface area contributed by atoms with E-state index in [2.05, 4.69) is 10.0 Å². The Morgan fingerprint density at radius 2 is 2.05 bits per heavy atom. The number of halogens is 2. The van der Waals surface area contributed by atoms with E-state index < -0.39 is 10.0 Å². The molecule has 0 spiro atoms. The SMILES string of the molecule is CSCCNS(=O)(=O)c1ccc(Cl)c(CNC2CC2)c1Cl. The summed E-state index contributed by atoms with van der Waals surface area (Å²) in [5.74, 6) is 0.709. The van der Waals surface area contributed by atoms with Gasteiger partial charge >= 0.3 is 0 Å². The number of hydrogen-bond acceptors (Lipinski definition) is 4. The lowest BCUT2D eigenvalue weighted by atomic mass is 10.2. The number of nitrogens with one attached hydrogen (secondary N) is 2. The molecule has 1 aliphatic carbocycles. The fourth-order valence-electron chi connectivity index (χ4n) is 1.84. The standard InChI is InChI=1S/C13H18Cl2N2O2S2/c1-20-7-6-17-21(18,19)12-5-4-11(14)10(13(12)15)8-16-9-2-3-9/h4-5,9,16-17H,2-3,6-8H2,1H3. The van der Waals surface area contributed by atoms with Gasteiger partial charge in [-0.15, -0.1) is 0 Å². The van der Waals surface area contributed by atoms with Crippen LogP contribution in [0.2, 0.25) is 10.0 Å². The summed E-state index contributed by atoms with van der Waals surface area (Å²) in [5, 5.41) is 3.98. The first kappa shape index (κ1) is 17.4. The molecule has 0 radical (unpaired) electrons. The van der Waals surface area contributed by atoms with E-state index >= 15 is 0 Å². The summed E-state index contributed by atoms with van der Waals surface area (Å²) < 4.78 is 27.1. The summed E-state index contributed by atoms with van der Waals surface area (Å²) >= 11 is 14.0. The van der Waals surface area contributed by atoms with Crippen molar-refractivity contribution in [3.63, 3.8) is 0 Å². The van der Waals surface area contributed by atoms with Crippen molar-refractivity contribution in [2.45, 2.75) is 30.3 Å². The molecule has 2 N–H and O–H groups in total. The van der Waals surface area contributed by atoms with Crippen molar-refractivity contribution in [3.05, 3.63) is 27.7 Å². The average Bonchev–Trinajstić information content (AvgIpc) is 3.22. The van der Waals surface area contributed by atoms with Crippen LogP contribution in [0.3, 0.4) is 0 Å². The zero-order chi connectivity index (χ0) is 15.5. The number of sulfonamides is 1. The molecule has 8 heteroatoms. The first-order valence-corrected chi connectivity index (χ1v) is 10.3. The van der Waals surface area contributed by atoms with Crippen molar-refractivity contribution in [2.24, 2.45) is 0 Å². The Balaban J connectivity index is 2.20. The lowest BCUT2D eigenvalue weighted by Gasteiger charge is -2.13. The molecular formula is C13H18Cl2N2O2S2. The van der Waals surface area contributed by atoms with E-state index in [0.29, 0.717) is 35.5 Å². The van der Waals surface area contributed by atoms with Crippen molar-refractivity contribution >= 4 is 45.0 Å². The van der Waals surface area contributed by atoms with Crippen LogP contribution in [0.1, 0.15) is 18.4 Å². The predicted molar refractivity (Wildman–Crippen MR) is 89.9 cm³/mol. The Hall–Kier alpha value is 0.0200. The van der Waals surface area contributed by atoms with E-state index in [1.54, 1.807) is 17.8 Å². The predicted octanol–water partition coefficient (Wildman–Crippen LogP) is 2.89. The Kier molecular flexibility index (Phi) is 6.23. The van der Waals surface area contributed by atoms with Gasteiger partial charge in [0.25, 0.3) is 0 Å². The Morgan fingerprint density at radius 3 is 2.67 bits per heavy atom. The van der Waals surface area contributed by atoms with Gasteiger partial charge in [-0.3, -0.25) is 0 Å². The van der Waals surface area contributed by atoms with E-state index in [1.807, 2.05) is 6.26 Å². The first-order valence-electron chi connectivity index (χ1n) is 6.64. The van der Waals surface area contributed by atoms with Gasteiger partial charge in [-0.05, 0) is 31.2 Å². The van der Waals surface area contributed by atoms with Crippen molar-refractivity contribution < 1.29 is 8.42 Å². The second-order valence-electron chi connectivity index (χ2n) is 4.88. The maximum atomic E-state index is 12.3. The van der Waals surface area contributed by atoms with Crippen molar-refractivity contribution in [2.75, 3.05) is 18.6 Å². The number of thioether (sulfide) groups is 1. The third-order valence-electron chi connectivity index (χ3n) is 3.18. The molecule has 1 aromatic carbocycles. The lowest BCUT2D eigenvalue weighted by molar-refractivity contribution is 0.584. The zero-order valence-corrected chi connectivity index (χ0v) is 14.8. The van der Waals surface area contributed by atoms with Gasteiger partial charge in [0.2, 0.25) is 10.0 Å². The van der Waals surface area contributed by atoms with E-state index in [9.17, 15) is 8.42 Å². The van der Waals surface area contributed by atoms with E-state index in [4.69, 9.17) is 23.2 Å². The smallest absolute Gasteiger partial charge is 0.242 e. The average molecular weight is 369 g/mol. The molecule has 0 amide bonds. The number of rotatable bonds is 8. The number of hydrogen-bond donors (Lipinski definition) is 2. The molecule has 0 aromatic heterocycles. The molecule has 0 aliphatic heterocycles. The van der Waals surface area contributed by atoms with E-state index in [0.717, 1.165) is 12.8 Å². The normalized spacial score (nSPS) is 15.4. The van der Waals surface area contributed by atoms with Crippen LogP contribution in [0.25, 0.3) is 0 Å². The highest BCUT2D eigenvalue weighted by molar-refractivity contribution is 7.98. The molecule has 1 aromatic rings. The molecule has 0 bridgehead atoms. The van der Waals surface area contributed by atoms with Gasteiger partial charge in [-0.2, -0.15) is 11.8 Å². The van der Waals surface area contributed by atoms with Gasteiger partial charge in [0.1, 0.15) is 4.90 Å². The molecule has 1 saturated carbocycles. The summed E-state index contributed by atoms with van der Waals surface area (Å²) in [6.45, 7) is 0.856. The molecule has 0 heterocycles. The molecule has 21 heavy (non-hydrogen) atoms. The highest BCUT2D eigenvalue weighted by Crippen LogP contribution is 2.32. The Morgan fingerprint density at radius 1 is 1.33 bits per heavy atom. The van der Waals surface area contributed by atoms with Crippen molar-refractivity contribution in [1.82, 2.24) is 10.0 Å². The summed E-state index contributed by atoms with van der Waals surface area (Å²) in [6.07, 6.45) is 4.21. The third kappa shape index (κ3) is 4.74. The zero-order valence-electron chi connectivity index (χ0n) is 11.7. The Labute approximate surface area is 140 Å². The van der Waals surface area contributed by atoms with Gasteiger partial charge in [-0.1, -0.05) is 23.2 Å². The van der Waals surface area contributed by atoms with Gasteiger partial charge in [-0.25, -0.2) is 13.1 Å². The fourth-order valence-corrected chi connectivity index (χ4v) is 4.21. The van der Waals surface area contributed by atoms with Crippen LogP contribution in [0, 0.1) is 0 Å². The van der Waals surface area contributed by atoms with E-state index in [1.165, 1.54) is 6.07 Å². The molecule has 0 atom stereocenters. The minimum Gasteiger partial charge on any atom is -0.310 e. The molecular weight excluding hydrogens is 351 g/mol. The van der Waals surface area contributed by atoms with E-state index in [-0.39, 0.29) is 9.92 Å². The maximum absolute atomic E-state index is 12.3. The van der Waals surface area contributed by atoms with Crippen LogP contribution in [-0.4, -0.2) is 33.0 Å². The molecule has 1 fully saturated rings. The topological polar surface area (TPSA) is 58.2 Å². The minimum atomic E-state index is -3.61. The molecule has 0 unspecified atom stereocenters. The fraction of sp³-hybridized carbons (Fsp3) is 0.538. The summed E-state index contributed by atoms with van der Waals surface area (Å²) in [5.41, 5.74) is 0.637. The summed E-state index contributed by atoms with van der Waals surface area (Å²) in [4.78, 5) is 0.0854. The van der Waals surface area contributed by atoms with Crippen LogP contribution in [-0.2, 0) is 16.6 Å². The van der Waals surface area contributed by atoms with Crippen LogP contribution >= 0.6 is 35.0 Å². The molecule has 1 aliphatic rings. The minimum absolute atomic E-state index is 0.0854. The number of benzene rings is 1. The lowest BCUT2D eigenvalue weighted by Crippen LogP contribution is -2.26. The second-order valence-corrected chi connectivity index (χ2v) is 8.39. The van der Waals surface area contributed by atoms with Crippen LogP contribution in [0.15, 0.2) is 17.0 Å². The second kappa shape index (κ2) is 7.53. The van der Waals surface area contributed by atoms with Crippen LogP contribution < -0.4 is 10.0 Å². The highest BCUT2D eigenvalue weighted by Gasteiger charge is 2.24. The van der Waals surface area contributed by atoms with Gasteiger partial charge in [0, 0.05) is 35.5 Å². The largest absolute Gasteiger partial charge is 0.310 e. The van der Waals surface area contributed by atoms with Crippen LogP contribution in [0.4, 0.5) is 0 Å². The highest BCUT2D eigenvalue weighted by atomic mass is 35.5. The monoisotopic (exact) mass is 368 g/mol. The maximum Gasteiger partial charge on any atom is 0.242 e. The molecule has 0 saturated heterocycles.